The predicted octanol–water partition coefficient (Wildman–Crippen LogP) is 3.32. The van der Waals surface area contributed by atoms with Crippen LogP contribution in [0.3, 0.4) is 0 Å². The van der Waals surface area contributed by atoms with Crippen LogP contribution in [-0.2, 0) is 9.47 Å². The maximum atomic E-state index is 12.5. The highest BCUT2D eigenvalue weighted by Crippen LogP contribution is 2.30. The number of hydrogen-bond donors (Lipinski definition) is 1. The third-order valence-corrected chi connectivity index (χ3v) is 4.02. The van der Waals surface area contributed by atoms with E-state index >= 15 is 0 Å². The molecule has 1 N–H and O–H groups in total. The molecule has 0 aliphatic carbocycles. The van der Waals surface area contributed by atoms with Crippen LogP contribution in [0.2, 0.25) is 5.02 Å². The third kappa shape index (κ3) is 3.40. The summed E-state index contributed by atoms with van der Waals surface area (Å²) >= 11 is 6.11. The summed E-state index contributed by atoms with van der Waals surface area (Å²) in [6, 6.07) is 5.07. The fraction of sp³-hybridized carbons (Fsp3) is 0.333. The molecule has 0 aliphatic heterocycles. The molecule has 0 bridgehead atoms. The van der Waals surface area contributed by atoms with Crippen LogP contribution in [-0.4, -0.2) is 46.3 Å². The number of esters is 2. The summed E-state index contributed by atoms with van der Waals surface area (Å²) in [6.07, 6.45) is 0. The van der Waals surface area contributed by atoms with Crippen molar-refractivity contribution in [3.05, 3.63) is 34.5 Å². The first-order valence-corrected chi connectivity index (χ1v) is 8.51. The van der Waals surface area contributed by atoms with Crippen LogP contribution >= 0.6 is 11.6 Å². The lowest BCUT2D eigenvalue weighted by atomic mass is 10.1. The first kappa shape index (κ1) is 18.9. The van der Waals surface area contributed by atoms with E-state index in [-0.39, 0.29) is 16.8 Å². The second kappa shape index (κ2) is 6.70. The molecule has 0 unspecified atom stereocenters. The van der Waals surface area contributed by atoms with Crippen molar-refractivity contribution in [2.75, 3.05) is 19.5 Å². The molecule has 0 radical (unpaired) electrons. The lowest BCUT2D eigenvalue weighted by Crippen LogP contribution is -2.28. The van der Waals surface area contributed by atoms with Crippen molar-refractivity contribution < 1.29 is 19.1 Å². The molecular formula is C18H19ClN4O4. The van der Waals surface area contributed by atoms with E-state index in [2.05, 4.69) is 15.4 Å². The number of halogens is 1. The monoisotopic (exact) mass is 390 g/mol. The van der Waals surface area contributed by atoms with Gasteiger partial charge in [0, 0.05) is 15.9 Å². The zero-order valence-electron chi connectivity index (χ0n) is 15.6. The van der Waals surface area contributed by atoms with Gasteiger partial charge in [-0.1, -0.05) is 11.6 Å². The fourth-order valence-electron chi connectivity index (χ4n) is 2.73. The highest BCUT2D eigenvalue weighted by molar-refractivity contribution is 6.31. The molecule has 3 rings (SSSR count). The number of carbonyl (C=O) groups excluding carboxylic acids is 2. The second-order valence-electron chi connectivity index (χ2n) is 6.94. The average molecular weight is 391 g/mol. The standard InChI is InChI=1S/C18H19ClN4O4/c1-18(2,3)21-17-20-11-8-9(19)6-7-10(11)14-12(15(24)26-4)13(16(25)27-5)22-23(14)17/h6-8H,1-5H3,(H,20,21). The van der Waals surface area contributed by atoms with Crippen molar-refractivity contribution in [2.24, 2.45) is 0 Å². The Hall–Kier alpha value is -2.87. The lowest BCUT2D eigenvalue weighted by Gasteiger charge is -2.22. The zero-order valence-corrected chi connectivity index (χ0v) is 16.3. The number of aromatic nitrogens is 3. The number of methoxy groups -OCH3 is 2. The Kier molecular flexibility index (Phi) is 4.69. The number of carbonyl (C=O) groups is 2. The van der Waals surface area contributed by atoms with Gasteiger partial charge in [-0.05, 0) is 39.0 Å². The molecule has 3 aromatic rings. The van der Waals surface area contributed by atoms with Gasteiger partial charge in [-0.2, -0.15) is 9.61 Å². The third-order valence-electron chi connectivity index (χ3n) is 3.78. The molecule has 2 heterocycles. The molecule has 0 atom stereocenters. The molecule has 27 heavy (non-hydrogen) atoms. The van der Waals surface area contributed by atoms with Crippen molar-refractivity contribution in [2.45, 2.75) is 26.3 Å². The van der Waals surface area contributed by atoms with E-state index in [1.165, 1.54) is 18.7 Å². The van der Waals surface area contributed by atoms with E-state index < -0.39 is 11.9 Å². The normalized spacial score (nSPS) is 11.6. The highest BCUT2D eigenvalue weighted by Gasteiger charge is 2.29. The smallest absolute Gasteiger partial charge is 0.359 e. The topological polar surface area (TPSA) is 94.8 Å². The van der Waals surface area contributed by atoms with Gasteiger partial charge in [0.05, 0.1) is 25.3 Å². The number of rotatable bonds is 3. The van der Waals surface area contributed by atoms with Crippen molar-refractivity contribution in [3.8, 4) is 0 Å². The fourth-order valence-corrected chi connectivity index (χ4v) is 2.90. The Bertz CT molecular complexity index is 1070. The minimum atomic E-state index is -0.747. The predicted molar refractivity (Wildman–Crippen MR) is 102 cm³/mol. The molecule has 142 valence electrons. The van der Waals surface area contributed by atoms with E-state index in [0.29, 0.717) is 27.4 Å². The molecule has 8 nitrogen and oxygen atoms in total. The van der Waals surface area contributed by atoms with E-state index in [4.69, 9.17) is 21.1 Å². The molecular weight excluding hydrogens is 372 g/mol. The summed E-state index contributed by atoms with van der Waals surface area (Å²) in [5.41, 5.74) is 0.440. The quantitative estimate of drug-likeness (QED) is 0.685. The molecule has 1 aromatic carbocycles. The van der Waals surface area contributed by atoms with E-state index in [9.17, 15) is 9.59 Å². The van der Waals surface area contributed by atoms with Crippen LogP contribution in [0.25, 0.3) is 16.4 Å². The number of anilines is 1. The molecule has 0 fully saturated rings. The Morgan fingerprint density at radius 1 is 1.15 bits per heavy atom. The number of benzene rings is 1. The van der Waals surface area contributed by atoms with Gasteiger partial charge in [-0.3, -0.25) is 0 Å². The van der Waals surface area contributed by atoms with Crippen LogP contribution in [0, 0.1) is 0 Å². The molecule has 2 aromatic heterocycles. The van der Waals surface area contributed by atoms with E-state index in [0.717, 1.165) is 0 Å². The van der Waals surface area contributed by atoms with Gasteiger partial charge in [0.25, 0.3) is 0 Å². The summed E-state index contributed by atoms with van der Waals surface area (Å²) in [5, 5.41) is 8.62. The maximum Gasteiger partial charge on any atom is 0.359 e. The van der Waals surface area contributed by atoms with Gasteiger partial charge in [0.2, 0.25) is 5.95 Å². The van der Waals surface area contributed by atoms with E-state index in [1.54, 1.807) is 18.2 Å². The Labute approximate surface area is 160 Å². The molecule has 0 saturated heterocycles. The molecule has 0 saturated carbocycles. The molecule has 0 amide bonds. The minimum absolute atomic E-state index is 0.0102. The van der Waals surface area contributed by atoms with Crippen LogP contribution in [0.5, 0.6) is 0 Å². The summed E-state index contributed by atoms with van der Waals surface area (Å²) in [5.74, 6) is -1.09. The zero-order chi connectivity index (χ0) is 19.9. The van der Waals surface area contributed by atoms with Crippen LogP contribution in [0.4, 0.5) is 5.95 Å². The maximum absolute atomic E-state index is 12.5. The van der Waals surface area contributed by atoms with Crippen molar-refractivity contribution in [1.82, 2.24) is 14.6 Å². The number of nitrogens with zero attached hydrogens (tertiary/aromatic N) is 3. The number of ether oxygens (including phenoxy) is 2. The molecule has 0 aliphatic rings. The van der Waals surface area contributed by atoms with Gasteiger partial charge in [-0.25, -0.2) is 14.6 Å². The Morgan fingerprint density at radius 2 is 1.81 bits per heavy atom. The van der Waals surface area contributed by atoms with Gasteiger partial charge in [-0.15, -0.1) is 0 Å². The van der Waals surface area contributed by atoms with Gasteiger partial charge in [0.1, 0.15) is 5.56 Å². The highest BCUT2D eigenvalue weighted by atomic mass is 35.5. The number of nitrogens with one attached hydrogen (secondary N) is 1. The lowest BCUT2D eigenvalue weighted by molar-refractivity contribution is 0.0553. The average Bonchev–Trinajstić information content (AvgIpc) is 3.00. The summed E-state index contributed by atoms with van der Waals surface area (Å²) in [4.78, 5) is 29.3. The first-order valence-electron chi connectivity index (χ1n) is 8.13. The van der Waals surface area contributed by atoms with Gasteiger partial charge >= 0.3 is 11.9 Å². The van der Waals surface area contributed by atoms with Crippen LogP contribution in [0.1, 0.15) is 41.6 Å². The number of fused-ring (bicyclic) bond motifs is 3. The summed E-state index contributed by atoms with van der Waals surface area (Å²) in [6.45, 7) is 5.86. The summed E-state index contributed by atoms with van der Waals surface area (Å²) in [7, 11) is 2.46. The minimum Gasteiger partial charge on any atom is -0.465 e. The SMILES string of the molecule is COC(=O)c1nn2c(NC(C)(C)C)nc3cc(Cl)ccc3c2c1C(=O)OC. The van der Waals surface area contributed by atoms with Crippen LogP contribution in [0.15, 0.2) is 18.2 Å². The van der Waals surface area contributed by atoms with Gasteiger partial charge in [0.15, 0.2) is 5.69 Å². The van der Waals surface area contributed by atoms with Crippen molar-refractivity contribution in [1.29, 1.82) is 0 Å². The van der Waals surface area contributed by atoms with Gasteiger partial charge < -0.3 is 14.8 Å². The molecule has 0 spiro atoms. The van der Waals surface area contributed by atoms with Crippen molar-refractivity contribution >= 4 is 45.9 Å². The largest absolute Gasteiger partial charge is 0.465 e. The van der Waals surface area contributed by atoms with Crippen molar-refractivity contribution in [3.63, 3.8) is 0 Å². The second-order valence-corrected chi connectivity index (χ2v) is 7.38. The number of hydrogen-bond acceptors (Lipinski definition) is 7. The Balaban J connectivity index is 2.50. The molecule has 9 heteroatoms. The summed E-state index contributed by atoms with van der Waals surface area (Å²) < 4.78 is 11.1. The first-order chi connectivity index (χ1) is 12.7. The Morgan fingerprint density at radius 3 is 2.41 bits per heavy atom. The van der Waals surface area contributed by atoms with E-state index in [1.807, 2.05) is 20.8 Å². The van der Waals surface area contributed by atoms with Crippen LogP contribution < -0.4 is 5.32 Å².